The number of hydrogen-bond acceptors (Lipinski definition) is 2. The molecular formula is C42H31N3. The summed E-state index contributed by atoms with van der Waals surface area (Å²) < 4.78 is 2.43. The zero-order valence-corrected chi connectivity index (χ0v) is 25.3. The first-order valence-corrected chi connectivity index (χ1v) is 15.3. The van der Waals surface area contributed by atoms with Crippen molar-refractivity contribution >= 4 is 44.1 Å². The third-order valence-electron chi connectivity index (χ3n) is 8.89. The summed E-state index contributed by atoms with van der Waals surface area (Å²) in [4.78, 5) is 8.96. The Morgan fingerprint density at radius 2 is 1.36 bits per heavy atom. The molecule has 3 nitrogen and oxygen atoms in total. The van der Waals surface area contributed by atoms with E-state index in [2.05, 4.69) is 145 Å². The molecule has 45 heavy (non-hydrogen) atoms. The molecule has 0 saturated carbocycles. The number of aromatic nitrogens is 3. The van der Waals surface area contributed by atoms with Crippen molar-refractivity contribution in [2.75, 3.05) is 0 Å². The SMILES string of the molecule is C/C(=C\c1c(C)c2ccc3cc(-c4ccc(-c5ccncc5)cn4)ccc3c2n1-c1ccccc1)c1ccc2ccccc2c1. The van der Waals surface area contributed by atoms with Crippen molar-refractivity contribution < 1.29 is 0 Å². The monoisotopic (exact) mass is 577 g/mol. The minimum atomic E-state index is 0.957. The average Bonchev–Trinajstić information content (AvgIpc) is 3.39. The molecule has 0 N–H and O–H groups in total. The first kappa shape index (κ1) is 26.8. The summed E-state index contributed by atoms with van der Waals surface area (Å²) in [6, 6.07) is 45.5. The van der Waals surface area contributed by atoms with E-state index in [0.29, 0.717) is 0 Å². The zero-order valence-electron chi connectivity index (χ0n) is 25.3. The average molecular weight is 578 g/mol. The van der Waals surface area contributed by atoms with E-state index in [-0.39, 0.29) is 0 Å². The standard InChI is InChI=1S/C42H31N3/c1-28(32-13-12-30-8-6-7-9-33(30)25-32)24-41-29(2)38-17-14-34-26-35(40-19-16-36(27-44-40)31-20-22-43-23-21-31)15-18-39(34)42(38)45(41)37-10-4-3-5-11-37/h3-27H,1-2H3/b28-24+. The number of para-hydroxylation sites is 1. The second-order valence-corrected chi connectivity index (χ2v) is 11.6. The van der Waals surface area contributed by atoms with Gasteiger partial charge in [-0.1, -0.05) is 84.9 Å². The Morgan fingerprint density at radius 3 is 2.16 bits per heavy atom. The largest absolute Gasteiger partial charge is 0.309 e. The van der Waals surface area contributed by atoms with Crippen LogP contribution in [0.15, 0.2) is 146 Å². The van der Waals surface area contributed by atoms with Gasteiger partial charge in [0.25, 0.3) is 0 Å². The van der Waals surface area contributed by atoms with Crippen molar-refractivity contribution in [1.82, 2.24) is 14.5 Å². The zero-order chi connectivity index (χ0) is 30.3. The lowest BCUT2D eigenvalue weighted by molar-refractivity contribution is 1.10. The number of aryl methyl sites for hydroxylation is 1. The van der Waals surface area contributed by atoms with Gasteiger partial charge in [-0.3, -0.25) is 9.97 Å². The van der Waals surface area contributed by atoms with Crippen molar-refractivity contribution in [3.63, 3.8) is 0 Å². The number of allylic oxidation sites excluding steroid dienone is 1. The van der Waals surface area contributed by atoms with E-state index in [0.717, 1.165) is 28.1 Å². The Morgan fingerprint density at radius 1 is 0.622 bits per heavy atom. The van der Waals surface area contributed by atoms with Crippen molar-refractivity contribution in [3.05, 3.63) is 163 Å². The Balaban J connectivity index is 1.27. The van der Waals surface area contributed by atoms with Crippen LogP contribution in [0.25, 0.3) is 72.2 Å². The van der Waals surface area contributed by atoms with Gasteiger partial charge in [0.15, 0.2) is 0 Å². The van der Waals surface area contributed by atoms with Gasteiger partial charge in [0.05, 0.1) is 16.9 Å². The molecule has 0 aliphatic rings. The van der Waals surface area contributed by atoms with Gasteiger partial charge in [-0.2, -0.15) is 0 Å². The lowest BCUT2D eigenvalue weighted by Gasteiger charge is -2.13. The molecule has 0 aliphatic heterocycles. The van der Waals surface area contributed by atoms with E-state index >= 15 is 0 Å². The van der Waals surface area contributed by atoms with Crippen LogP contribution in [-0.2, 0) is 0 Å². The Kier molecular flexibility index (Phi) is 6.57. The molecule has 8 rings (SSSR count). The molecule has 3 heteroatoms. The molecule has 3 heterocycles. The van der Waals surface area contributed by atoms with Crippen LogP contribution in [0, 0.1) is 6.92 Å². The van der Waals surface area contributed by atoms with Gasteiger partial charge in [0, 0.05) is 46.2 Å². The van der Waals surface area contributed by atoms with Gasteiger partial charge >= 0.3 is 0 Å². The summed E-state index contributed by atoms with van der Waals surface area (Å²) in [6.07, 6.45) is 7.91. The number of pyridine rings is 2. The maximum atomic E-state index is 4.82. The third-order valence-corrected chi connectivity index (χ3v) is 8.89. The van der Waals surface area contributed by atoms with E-state index in [1.54, 1.807) is 0 Å². The molecule has 0 spiro atoms. The van der Waals surface area contributed by atoms with E-state index in [1.165, 1.54) is 54.8 Å². The van der Waals surface area contributed by atoms with Gasteiger partial charge in [-0.25, -0.2) is 0 Å². The van der Waals surface area contributed by atoms with Gasteiger partial charge in [-0.05, 0) is 101 Å². The van der Waals surface area contributed by atoms with Crippen LogP contribution in [-0.4, -0.2) is 14.5 Å². The van der Waals surface area contributed by atoms with Crippen LogP contribution in [0.2, 0.25) is 0 Å². The third kappa shape index (κ3) is 4.79. The van der Waals surface area contributed by atoms with Crippen LogP contribution >= 0.6 is 0 Å². The molecule has 0 unspecified atom stereocenters. The predicted octanol–water partition coefficient (Wildman–Crippen LogP) is 10.9. The number of benzene rings is 5. The molecule has 8 aromatic rings. The molecule has 0 amide bonds. The van der Waals surface area contributed by atoms with Gasteiger partial charge in [0.1, 0.15) is 0 Å². The fourth-order valence-electron chi connectivity index (χ4n) is 6.46. The highest BCUT2D eigenvalue weighted by Gasteiger charge is 2.18. The quantitative estimate of drug-likeness (QED) is 0.204. The molecule has 0 aliphatic carbocycles. The molecule has 0 fully saturated rings. The van der Waals surface area contributed by atoms with E-state index in [4.69, 9.17) is 4.98 Å². The summed E-state index contributed by atoms with van der Waals surface area (Å²) in [5, 5.41) is 6.19. The summed E-state index contributed by atoms with van der Waals surface area (Å²) in [5.74, 6) is 0. The fraction of sp³-hybridized carbons (Fsp3) is 0.0476. The molecule has 0 bridgehead atoms. The van der Waals surface area contributed by atoms with Gasteiger partial charge in [0.2, 0.25) is 0 Å². The second-order valence-electron chi connectivity index (χ2n) is 11.6. The molecule has 0 radical (unpaired) electrons. The topological polar surface area (TPSA) is 30.7 Å². The fourth-order valence-corrected chi connectivity index (χ4v) is 6.46. The van der Waals surface area contributed by atoms with Gasteiger partial charge in [-0.15, -0.1) is 0 Å². The number of hydrogen-bond donors (Lipinski definition) is 0. The molecule has 0 saturated heterocycles. The molecular weight excluding hydrogens is 546 g/mol. The van der Waals surface area contributed by atoms with E-state index in [1.807, 2.05) is 30.7 Å². The summed E-state index contributed by atoms with van der Waals surface area (Å²) in [7, 11) is 0. The molecule has 5 aromatic carbocycles. The van der Waals surface area contributed by atoms with Crippen LogP contribution in [0.3, 0.4) is 0 Å². The molecule has 3 aromatic heterocycles. The Labute approximate surface area is 262 Å². The van der Waals surface area contributed by atoms with Crippen molar-refractivity contribution in [3.8, 4) is 28.1 Å². The Bertz CT molecular complexity index is 2360. The van der Waals surface area contributed by atoms with E-state index in [9.17, 15) is 0 Å². The summed E-state index contributed by atoms with van der Waals surface area (Å²) in [5.41, 5.74) is 11.6. The van der Waals surface area contributed by atoms with Crippen LogP contribution < -0.4 is 0 Å². The van der Waals surface area contributed by atoms with E-state index < -0.39 is 0 Å². The van der Waals surface area contributed by atoms with Crippen LogP contribution in [0.5, 0.6) is 0 Å². The smallest absolute Gasteiger partial charge is 0.0702 e. The maximum Gasteiger partial charge on any atom is 0.0702 e. The number of fused-ring (bicyclic) bond motifs is 4. The van der Waals surface area contributed by atoms with Crippen LogP contribution in [0.1, 0.15) is 23.7 Å². The number of nitrogens with zero attached hydrogens (tertiary/aromatic N) is 3. The highest BCUT2D eigenvalue weighted by molar-refractivity contribution is 6.10. The highest BCUT2D eigenvalue weighted by Crippen LogP contribution is 2.38. The highest BCUT2D eigenvalue weighted by atomic mass is 15.0. The molecule has 0 atom stereocenters. The molecule has 214 valence electrons. The summed E-state index contributed by atoms with van der Waals surface area (Å²) in [6.45, 7) is 4.46. The van der Waals surface area contributed by atoms with Crippen molar-refractivity contribution in [2.45, 2.75) is 13.8 Å². The van der Waals surface area contributed by atoms with Crippen molar-refractivity contribution in [2.24, 2.45) is 0 Å². The first-order valence-electron chi connectivity index (χ1n) is 15.3. The lowest BCUT2D eigenvalue weighted by Crippen LogP contribution is -1.98. The maximum absolute atomic E-state index is 4.82. The van der Waals surface area contributed by atoms with Crippen LogP contribution in [0.4, 0.5) is 0 Å². The first-order chi connectivity index (χ1) is 22.1. The lowest BCUT2D eigenvalue weighted by atomic mass is 10.00. The predicted molar refractivity (Wildman–Crippen MR) is 189 cm³/mol. The number of rotatable bonds is 5. The minimum Gasteiger partial charge on any atom is -0.309 e. The minimum absolute atomic E-state index is 0.957. The van der Waals surface area contributed by atoms with Gasteiger partial charge < -0.3 is 4.57 Å². The summed E-state index contributed by atoms with van der Waals surface area (Å²) >= 11 is 0. The second kappa shape index (κ2) is 11.0. The Hall–Kier alpha value is -5.80. The van der Waals surface area contributed by atoms with Crippen molar-refractivity contribution in [1.29, 1.82) is 0 Å². The normalized spacial score (nSPS) is 11.9.